The van der Waals surface area contributed by atoms with Crippen LogP contribution in [0, 0.1) is 10.8 Å². The van der Waals surface area contributed by atoms with Crippen LogP contribution in [0.15, 0.2) is 0 Å². The number of carboxylic acid groups (broad SMARTS) is 1. The molecule has 4 nitrogen and oxygen atoms in total. The van der Waals surface area contributed by atoms with E-state index >= 15 is 0 Å². The molecule has 0 atom stereocenters. The predicted molar refractivity (Wildman–Crippen MR) is 56.8 cm³/mol. The molecule has 0 aromatic rings. The molecule has 3 saturated carbocycles. The average molecular weight is 226 g/mol. The summed E-state index contributed by atoms with van der Waals surface area (Å²) < 4.78 is 5.35. The highest BCUT2D eigenvalue weighted by atomic mass is 16.6. The molecule has 0 aromatic carbocycles. The van der Waals surface area contributed by atoms with Gasteiger partial charge in [0, 0.05) is 0 Å². The lowest BCUT2D eigenvalue weighted by atomic mass is 9.34. The van der Waals surface area contributed by atoms with E-state index in [0.29, 0.717) is 19.3 Å². The SMILES string of the molecule is CC(C)(C)OC(=O)C12CC(CC(=O)O)(C1)C2. The van der Waals surface area contributed by atoms with Crippen LogP contribution in [0.4, 0.5) is 0 Å². The van der Waals surface area contributed by atoms with Crippen molar-refractivity contribution in [1.82, 2.24) is 0 Å². The van der Waals surface area contributed by atoms with Crippen molar-refractivity contribution in [2.75, 3.05) is 0 Å². The molecular formula is C12H18O4. The van der Waals surface area contributed by atoms with Crippen molar-refractivity contribution >= 4 is 11.9 Å². The van der Waals surface area contributed by atoms with Crippen molar-refractivity contribution in [2.24, 2.45) is 10.8 Å². The molecule has 3 fully saturated rings. The maximum absolute atomic E-state index is 11.9. The standard InChI is InChI=1S/C12H18O4/c1-10(2,3)16-9(15)12-5-11(6-12,7-12)4-8(13)14/h4-7H2,1-3H3,(H,13,14). The molecule has 0 amide bonds. The molecule has 90 valence electrons. The van der Waals surface area contributed by atoms with E-state index in [0.717, 1.165) is 0 Å². The van der Waals surface area contributed by atoms with Crippen molar-refractivity contribution in [3.63, 3.8) is 0 Å². The Morgan fingerprint density at radius 1 is 1.25 bits per heavy atom. The first-order valence-corrected chi connectivity index (χ1v) is 5.62. The minimum Gasteiger partial charge on any atom is -0.481 e. The largest absolute Gasteiger partial charge is 0.481 e. The minimum atomic E-state index is -0.766. The Hall–Kier alpha value is -1.06. The summed E-state index contributed by atoms with van der Waals surface area (Å²) in [5, 5.41) is 8.73. The van der Waals surface area contributed by atoms with Crippen LogP contribution in [0.25, 0.3) is 0 Å². The van der Waals surface area contributed by atoms with Gasteiger partial charge in [0.05, 0.1) is 11.8 Å². The summed E-state index contributed by atoms with van der Waals surface area (Å²) in [4.78, 5) is 22.5. The molecule has 3 rings (SSSR count). The molecule has 0 radical (unpaired) electrons. The van der Waals surface area contributed by atoms with Gasteiger partial charge in [-0.25, -0.2) is 0 Å². The summed E-state index contributed by atoms with van der Waals surface area (Å²) in [5.41, 5.74) is -0.891. The van der Waals surface area contributed by atoms with Crippen LogP contribution in [0.1, 0.15) is 46.5 Å². The third-order valence-electron chi connectivity index (χ3n) is 3.50. The summed E-state index contributed by atoms with van der Waals surface area (Å²) in [6, 6.07) is 0. The van der Waals surface area contributed by atoms with Gasteiger partial charge in [-0.15, -0.1) is 0 Å². The number of carbonyl (C=O) groups is 2. The quantitative estimate of drug-likeness (QED) is 0.747. The number of hydrogen-bond donors (Lipinski definition) is 1. The summed E-state index contributed by atoms with van der Waals surface area (Å²) in [7, 11) is 0. The highest BCUT2D eigenvalue weighted by Crippen LogP contribution is 2.75. The van der Waals surface area contributed by atoms with Gasteiger partial charge in [-0.05, 0) is 45.4 Å². The van der Waals surface area contributed by atoms with Gasteiger partial charge >= 0.3 is 11.9 Å². The molecule has 0 saturated heterocycles. The second-order valence-corrected chi connectivity index (χ2v) is 6.38. The van der Waals surface area contributed by atoms with Gasteiger partial charge in [0.1, 0.15) is 5.60 Å². The zero-order chi connectivity index (χ0) is 12.2. The van der Waals surface area contributed by atoms with E-state index in [4.69, 9.17) is 9.84 Å². The number of ether oxygens (including phenoxy) is 1. The van der Waals surface area contributed by atoms with Crippen LogP contribution in [-0.4, -0.2) is 22.6 Å². The highest BCUT2D eigenvalue weighted by molar-refractivity contribution is 5.83. The summed E-state index contributed by atoms with van der Waals surface area (Å²) in [5.74, 6) is -0.912. The fraction of sp³-hybridized carbons (Fsp3) is 0.833. The Bertz CT molecular complexity index is 331. The second-order valence-electron chi connectivity index (χ2n) is 6.38. The van der Waals surface area contributed by atoms with Crippen LogP contribution in [-0.2, 0) is 14.3 Å². The monoisotopic (exact) mass is 226 g/mol. The van der Waals surface area contributed by atoms with Crippen molar-refractivity contribution in [3.8, 4) is 0 Å². The van der Waals surface area contributed by atoms with Crippen molar-refractivity contribution < 1.29 is 19.4 Å². The Labute approximate surface area is 95.0 Å². The number of carboxylic acids is 1. The molecular weight excluding hydrogens is 208 g/mol. The smallest absolute Gasteiger partial charge is 0.312 e. The Kier molecular flexibility index (Phi) is 2.14. The molecule has 0 spiro atoms. The molecule has 1 N–H and O–H groups in total. The highest BCUT2D eigenvalue weighted by Gasteiger charge is 2.72. The number of carbonyl (C=O) groups excluding carboxylic acids is 1. The first-order valence-electron chi connectivity index (χ1n) is 5.62. The molecule has 0 unspecified atom stereocenters. The van der Waals surface area contributed by atoms with Crippen LogP contribution in [0.3, 0.4) is 0 Å². The first-order chi connectivity index (χ1) is 7.17. The van der Waals surface area contributed by atoms with Crippen LogP contribution < -0.4 is 0 Å². The summed E-state index contributed by atoms with van der Waals surface area (Å²) >= 11 is 0. The second kappa shape index (κ2) is 2.99. The molecule has 16 heavy (non-hydrogen) atoms. The van der Waals surface area contributed by atoms with Gasteiger partial charge in [0.15, 0.2) is 0 Å². The Morgan fingerprint density at radius 2 is 1.75 bits per heavy atom. The molecule has 3 aliphatic carbocycles. The molecule has 4 heteroatoms. The third kappa shape index (κ3) is 1.70. The van der Waals surface area contributed by atoms with E-state index in [-0.39, 0.29) is 23.2 Å². The van der Waals surface area contributed by atoms with E-state index in [1.807, 2.05) is 20.8 Å². The van der Waals surface area contributed by atoms with E-state index in [9.17, 15) is 9.59 Å². The molecule has 0 aromatic heterocycles. The Morgan fingerprint density at radius 3 is 2.12 bits per heavy atom. The van der Waals surface area contributed by atoms with Gasteiger partial charge in [-0.2, -0.15) is 0 Å². The maximum atomic E-state index is 11.9. The molecule has 0 heterocycles. The van der Waals surface area contributed by atoms with E-state index < -0.39 is 11.6 Å². The van der Waals surface area contributed by atoms with Gasteiger partial charge in [-0.3, -0.25) is 9.59 Å². The topological polar surface area (TPSA) is 63.6 Å². The molecule has 3 aliphatic rings. The van der Waals surface area contributed by atoms with Gasteiger partial charge in [0.25, 0.3) is 0 Å². The summed E-state index contributed by atoms with van der Waals surface area (Å²) in [6.07, 6.45) is 2.28. The van der Waals surface area contributed by atoms with E-state index in [1.165, 1.54) is 0 Å². The minimum absolute atomic E-state index is 0.0945. The third-order valence-corrected chi connectivity index (χ3v) is 3.50. The van der Waals surface area contributed by atoms with Gasteiger partial charge in [0.2, 0.25) is 0 Å². The lowest BCUT2D eigenvalue weighted by molar-refractivity contribution is -0.238. The molecule has 2 bridgehead atoms. The van der Waals surface area contributed by atoms with Gasteiger partial charge < -0.3 is 9.84 Å². The van der Waals surface area contributed by atoms with Crippen LogP contribution >= 0.6 is 0 Å². The van der Waals surface area contributed by atoms with Gasteiger partial charge in [-0.1, -0.05) is 0 Å². The first kappa shape index (κ1) is 11.4. The molecule has 0 aliphatic heterocycles. The van der Waals surface area contributed by atoms with Crippen LogP contribution in [0.5, 0.6) is 0 Å². The zero-order valence-corrected chi connectivity index (χ0v) is 10.0. The lowest BCUT2D eigenvalue weighted by Gasteiger charge is -2.68. The van der Waals surface area contributed by atoms with Crippen molar-refractivity contribution in [1.29, 1.82) is 0 Å². The summed E-state index contributed by atoms with van der Waals surface area (Å²) in [6.45, 7) is 5.55. The lowest BCUT2D eigenvalue weighted by Crippen LogP contribution is -2.66. The average Bonchev–Trinajstić information content (AvgIpc) is 1.88. The fourth-order valence-corrected chi connectivity index (χ4v) is 3.11. The maximum Gasteiger partial charge on any atom is 0.312 e. The van der Waals surface area contributed by atoms with E-state index in [1.54, 1.807) is 0 Å². The van der Waals surface area contributed by atoms with E-state index in [2.05, 4.69) is 0 Å². The number of rotatable bonds is 3. The zero-order valence-electron chi connectivity index (χ0n) is 10.0. The normalized spacial score (nSPS) is 35.9. The number of esters is 1. The van der Waals surface area contributed by atoms with Crippen LogP contribution in [0.2, 0.25) is 0 Å². The van der Waals surface area contributed by atoms with Crippen molar-refractivity contribution in [2.45, 2.75) is 52.1 Å². The predicted octanol–water partition coefficient (Wildman–Crippen LogP) is 1.97. The number of aliphatic carboxylic acids is 1. The Balaban J connectivity index is 1.89. The number of hydrogen-bond acceptors (Lipinski definition) is 3. The van der Waals surface area contributed by atoms with Crippen molar-refractivity contribution in [3.05, 3.63) is 0 Å². The fourth-order valence-electron chi connectivity index (χ4n) is 3.11.